The molecule has 2 unspecified atom stereocenters. The maximum absolute atomic E-state index is 11.3. The minimum absolute atomic E-state index is 0.228. The van der Waals surface area contributed by atoms with Crippen molar-refractivity contribution in [3.8, 4) is 0 Å². The topological polar surface area (TPSA) is 156 Å². The van der Waals surface area contributed by atoms with Crippen LogP contribution >= 0.6 is 49.7 Å². The molecule has 0 heterocycles. The van der Waals surface area contributed by atoms with Gasteiger partial charge in [-0.1, -0.05) is 24.4 Å². The zero-order valence-corrected chi connectivity index (χ0v) is 16.4. The van der Waals surface area contributed by atoms with Crippen molar-refractivity contribution in [2.75, 3.05) is 13.1 Å². The van der Waals surface area contributed by atoms with Crippen LogP contribution in [0, 0.1) is 0 Å². The molecule has 0 radical (unpaired) electrons. The number of aliphatic carboxylic acids is 4. The van der Waals surface area contributed by atoms with Gasteiger partial charge in [-0.05, 0) is 0 Å². The van der Waals surface area contributed by atoms with E-state index in [1.54, 1.807) is 0 Å². The van der Waals surface area contributed by atoms with Crippen molar-refractivity contribution in [3.63, 3.8) is 0 Å². The summed E-state index contributed by atoms with van der Waals surface area (Å²) in [6, 6.07) is -3.09. The maximum atomic E-state index is 11.3. The van der Waals surface area contributed by atoms with Crippen LogP contribution in [0.3, 0.4) is 0 Å². The van der Waals surface area contributed by atoms with Crippen molar-refractivity contribution in [2.24, 2.45) is 0 Å². The normalized spacial score (nSPS) is 12.5. The second-order valence-electron chi connectivity index (χ2n) is 4.86. The second kappa shape index (κ2) is 11.2. The number of carboxylic acids is 4. The van der Waals surface area contributed by atoms with Crippen molar-refractivity contribution in [2.45, 2.75) is 24.9 Å². The Morgan fingerprint density at radius 3 is 1.15 bits per heavy atom. The fraction of sp³-hybridized carbons (Fsp3) is 0.500. The molecule has 146 valence electrons. The van der Waals surface area contributed by atoms with Gasteiger partial charge in [0.05, 0.1) is 12.8 Å². The molecule has 10 nitrogen and oxygen atoms in total. The van der Waals surface area contributed by atoms with E-state index in [0.717, 1.165) is 9.80 Å². The van der Waals surface area contributed by atoms with E-state index in [9.17, 15) is 29.4 Å². The zero-order chi connectivity index (χ0) is 20.6. The third-order valence-electron chi connectivity index (χ3n) is 3.13. The van der Waals surface area contributed by atoms with E-state index >= 15 is 0 Å². The summed E-state index contributed by atoms with van der Waals surface area (Å²) in [7, 11) is 0. The maximum Gasteiger partial charge on any atom is 0.326 e. The SMILES string of the molecule is O=C(O)CC(C(=O)O)N(CCN(C(=S)S)C(CC(=O)O)C(=O)O)C(=S)S. The molecule has 0 aromatic rings. The van der Waals surface area contributed by atoms with Gasteiger partial charge < -0.3 is 30.2 Å². The molecule has 0 aromatic carbocycles. The van der Waals surface area contributed by atoms with Gasteiger partial charge in [0.1, 0.15) is 20.7 Å². The summed E-state index contributed by atoms with van der Waals surface area (Å²) in [6.45, 7) is -0.534. The molecule has 26 heavy (non-hydrogen) atoms. The van der Waals surface area contributed by atoms with Crippen molar-refractivity contribution < 1.29 is 39.6 Å². The van der Waals surface area contributed by atoms with Crippen LogP contribution in [0.25, 0.3) is 0 Å². The number of rotatable bonds is 11. The molecule has 4 N–H and O–H groups in total. The van der Waals surface area contributed by atoms with Gasteiger partial charge in [-0.15, -0.1) is 25.3 Å². The fourth-order valence-electron chi connectivity index (χ4n) is 1.98. The smallest absolute Gasteiger partial charge is 0.326 e. The number of carboxylic acid groups (broad SMARTS) is 4. The standard InChI is InChI=1S/C12H16N2O8S4/c15-7(16)3-5(9(19)20)13(11(23)24)1-2-14(12(25)26)6(10(21)22)4-8(17)18/h5-6H,1-4H2,(H,15,16)(H,17,18)(H,19,20)(H,21,22)(H,23,24)(H,25,26). The van der Waals surface area contributed by atoms with Crippen LogP contribution in [0.1, 0.15) is 12.8 Å². The summed E-state index contributed by atoms with van der Waals surface area (Å²) in [4.78, 5) is 46.3. The Morgan fingerprint density at radius 2 is 1.00 bits per heavy atom. The van der Waals surface area contributed by atoms with E-state index in [-0.39, 0.29) is 21.7 Å². The highest BCUT2D eigenvalue weighted by atomic mass is 32.1. The van der Waals surface area contributed by atoms with Gasteiger partial charge in [-0.25, -0.2) is 9.59 Å². The number of hydrogen-bond acceptors (Lipinski definition) is 6. The summed E-state index contributed by atoms with van der Waals surface area (Å²) >= 11 is 17.4. The lowest BCUT2D eigenvalue weighted by molar-refractivity contribution is -0.149. The van der Waals surface area contributed by atoms with Crippen molar-refractivity contribution in [1.82, 2.24) is 9.80 Å². The van der Waals surface area contributed by atoms with Crippen molar-refractivity contribution in [3.05, 3.63) is 0 Å². The summed E-state index contributed by atoms with van der Waals surface area (Å²) in [6.07, 6.45) is -1.56. The quantitative estimate of drug-likeness (QED) is 0.186. The van der Waals surface area contributed by atoms with E-state index in [4.69, 9.17) is 34.6 Å². The number of thiol groups is 2. The van der Waals surface area contributed by atoms with Gasteiger partial charge in [-0.2, -0.15) is 0 Å². The number of thiocarbonyl (C=S) groups is 2. The molecule has 0 fully saturated rings. The van der Waals surface area contributed by atoms with Crippen molar-refractivity contribution in [1.29, 1.82) is 0 Å². The fourth-order valence-corrected chi connectivity index (χ4v) is 2.89. The summed E-state index contributed by atoms with van der Waals surface area (Å²) in [5, 5.41) is 36.1. The predicted molar refractivity (Wildman–Crippen MR) is 104 cm³/mol. The van der Waals surface area contributed by atoms with E-state index in [2.05, 4.69) is 25.3 Å². The van der Waals surface area contributed by atoms with Crippen LogP contribution in [0.5, 0.6) is 0 Å². The molecule has 0 saturated heterocycles. The van der Waals surface area contributed by atoms with E-state index < -0.39 is 48.8 Å². The van der Waals surface area contributed by atoms with E-state index in [1.165, 1.54) is 0 Å². The van der Waals surface area contributed by atoms with Crippen LogP contribution < -0.4 is 0 Å². The molecule has 0 aliphatic rings. The Bertz CT molecular complexity index is 562. The van der Waals surface area contributed by atoms with Crippen LogP contribution in [0.15, 0.2) is 0 Å². The first-order valence-electron chi connectivity index (χ1n) is 6.76. The van der Waals surface area contributed by atoms with Crippen LogP contribution in [-0.4, -0.2) is 87.9 Å². The monoisotopic (exact) mass is 444 g/mol. The van der Waals surface area contributed by atoms with Crippen molar-refractivity contribution >= 4 is 82.2 Å². The molecular formula is C12H16N2O8S4. The molecular weight excluding hydrogens is 428 g/mol. The second-order valence-corrected chi connectivity index (χ2v) is 7.08. The Labute approximate surface area is 169 Å². The predicted octanol–water partition coefficient (Wildman–Crippen LogP) is -0.124. The Hall–Kier alpha value is -1.64. The average molecular weight is 445 g/mol. The number of hydrogen-bond donors (Lipinski definition) is 6. The minimum atomic E-state index is -1.55. The Morgan fingerprint density at radius 1 is 0.731 bits per heavy atom. The van der Waals surface area contributed by atoms with Gasteiger partial charge in [-0.3, -0.25) is 9.59 Å². The third-order valence-corrected chi connectivity index (χ3v) is 4.11. The summed E-state index contributed by atoms with van der Waals surface area (Å²) in [5.41, 5.74) is 0. The average Bonchev–Trinajstić information content (AvgIpc) is 2.46. The van der Waals surface area contributed by atoms with Gasteiger partial charge in [0, 0.05) is 13.1 Å². The lowest BCUT2D eigenvalue weighted by Gasteiger charge is -2.33. The molecule has 0 spiro atoms. The highest BCUT2D eigenvalue weighted by Gasteiger charge is 2.32. The lowest BCUT2D eigenvalue weighted by atomic mass is 10.1. The van der Waals surface area contributed by atoms with E-state index in [1.807, 2.05) is 0 Å². The van der Waals surface area contributed by atoms with Crippen LogP contribution in [-0.2, 0) is 19.2 Å². The largest absolute Gasteiger partial charge is 0.481 e. The molecule has 0 aliphatic heterocycles. The molecule has 2 atom stereocenters. The van der Waals surface area contributed by atoms with Gasteiger partial charge in [0.15, 0.2) is 0 Å². The first kappa shape index (κ1) is 24.4. The molecule has 0 aromatic heterocycles. The summed E-state index contributed by atoms with van der Waals surface area (Å²) in [5.74, 6) is -5.71. The first-order chi connectivity index (χ1) is 11.9. The van der Waals surface area contributed by atoms with Crippen LogP contribution in [0.4, 0.5) is 0 Å². The Balaban J connectivity index is 5.49. The van der Waals surface area contributed by atoms with Gasteiger partial charge in [0.25, 0.3) is 0 Å². The highest BCUT2D eigenvalue weighted by Crippen LogP contribution is 2.14. The third kappa shape index (κ3) is 8.16. The molecule has 0 aliphatic carbocycles. The Kier molecular flexibility index (Phi) is 10.4. The molecule has 14 heteroatoms. The van der Waals surface area contributed by atoms with Gasteiger partial charge >= 0.3 is 23.9 Å². The van der Waals surface area contributed by atoms with E-state index in [0.29, 0.717) is 0 Å². The molecule has 0 rings (SSSR count). The minimum Gasteiger partial charge on any atom is -0.481 e. The number of carbonyl (C=O) groups is 4. The summed E-state index contributed by atoms with van der Waals surface area (Å²) < 4.78 is -0.456. The molecule has 0 amide bonds. The molecule has 0 saturated carbocycles. The number of nitrogens with zero attached hydrogens (tertiary/aromatic N) is 2. The first-order valence-corrected chi connectivity index (χ1v) is 8.47. The lowest BCUT2D eigenvalue weighted by Crippen LogP contribution is -2.51. The van der Waals surface area contributed by atoms with Gasteiger partial charge in [0.2, 0.25) is 0 Å². The molecule has 0 bridgehead atoms. The van der Waals surface area contributed by atoms with Crippen LogP contribution in [0.2, 0.25) is 0 Å². The zero-order valence-electron chi connectivity index (χ0n) is 13.0. The highest BCUT2D eigenvalue weighted by molar-refractivity contribution is 8.11.